The van der Waals surface area contributed by atoms with E-state index >= 15 is 0 Å². The van der Waals surface area contributed by atoms with E-state index in [-0.39, 0.29) is 22.9 Å². The Morgan fingerprint density at radius 1 is 1.31 bits per heavy atom. The molecule has 1 saturated carbocycles. The molecule has 1 aromatic rings. The molecule has 0 saturated heterocycles. The fraction of sp³-hybridized carbons (Fsp3) is 0.500. The van der Waals surface area contributed by atoms with Gasteiger partial charge < -0.3 is 0 Å². The SMILES string of the molecule is Cc1cc(C(=O)C2CC2(C)C)cc(C)c1F. The minimum Gasteiger partial charge on any atom is -0.294 e. The molecule has 0 N–H and O–H groups in total. The summed E-state index contributed by atoms with van der Waals surface area (Å²) in [6.45, 7) is 7.60. The molecule has 2 heteroatoms. The zero-order chi connectivity index (χ0) is 12.1. The first-order valence-electron chi connectivity index (χ1n) is 5.64. The van der Waals surface area contributed by atoms with Gasteiger partial charge in [0.05, 0.1) is 0 Å². The van der Waals surface area contributed by atoms with Crippen molar-refractivity contribution in [3.63, 3.8) is 0 Å². The van der Waals surface area contributed by atoms with Crippen molar-refractivity contribution in [1.29, 1.82) is 0 Å². The molecule has 0 amide bonds. The van der Waals surface area contributed by atoms with E-state index in [1.807, 2.05) is 0 Å². The van der Waals surface area contributed by atoms with Gasteiger partial charge in [-0.15, -0.1) is 0 Å². The van der Waals surface area contributed by atoms with Gasteiger partial charge in [-0.2, -0.15) is 0 Å². The van der Waals surface area contributed by atoms with Crippen molar-refractivity contribution in [2.24, 2.45) is 11.3 Å². The lowest BCUT2D eigenvalue weighted by molar-refractivity contribution is 0.0953. The van der Waals surface area contributed by atoms with Crippen LogP contribution in [0.5, 0.6) is 0 Å². The van der Waals surface area contributed by atoms with Gasteiger partial charge >= 0.3 is 0 Å². The van der Waals surface area contributed by atoms with Gasteiger partial charge in [-0.3, -0.25) is 4.79 Å². The van der Waals surface area contributed by atoms with E-state index in [0.29, 0.717) is 16.7 Å². The van der Waals surface area contributed by atoms with E-state index in [9.17, 15) is 9.18 Å². The lowest BCUT2D eigenvalue weighted by Gasteiger charge is -2.07. The Hall–Kier alpha value is -1.18. The van der Waals surface area contributed by atoms with Gasteiger partial charge in [0, 0.05) is 11.5 Å². The average molecular weight is 220 g/mol. The number of Topliss-reactive ketones (excluding diaryl/α,β-unsaturated/α-hetero) is 1. The molecule has 1 fully saturated rings. The number of rotatable bonds is 2. The summed E-state index contributed by atoms with van der Waals surface area (Å²) in [5.41, 5.74) is 1.91. The highest BCUT2D eigenvalue weighted by molar-refractivity contribution is 6.00. The number of aryl methyl sites for hydroxylation is 2. The van der Waals surface area contributed by atoms with Gasteiger partial charge in [-0.1, -0.05) is 13.8 Å². The molecule has 0 aliphatic heterocycles. The molecular weight excluding hydrogens is 203 g/mol. The van der Waals surface area contributed by atoms with E-state index in [0.717, 1.165) is 6.42 Å². The van der Waals surface area contributed by atoms with Crippen LogP contribution in [0.3, 0.4) is 0 Å². The molecule has 1 aliphatic rings. The smallest absolute Gasteiger partial charge is 0.166 e. The summed E-state index contributed by atoms with van der Waals surface area (Å²) in [6, 6.07) is 3.33. The summed E-state index contributed by atoms with van der Waals surface area (Å²) >= 11 is 0. The first-order chi connectivity index (χ1) is 7.33. The van der Waals surface area contributed by atoms with Crippen molar-refractivity contribution < 1.29 is 9.18 Å². The van der Waals surface area contributed by atoms with E-state index in [4.69, 9.17) is 0 Å². The van der Waals surface area contributed by atoms with E-state index in [1.54, 1.807) is 26.0 Å². The van der Waals surface area contributed by atoms with Crippen molar-refractivity contribution in [2.75, 3.05) is 0 Å². The number of hydrogen-bond acceptors (Lipinski definition) is 1. The number of hydrogen-bond donors (Lipinski definition) is 0. The molecule has 86 valence electrons. The topological polar surface area (TPSA) is 17.1 Å². The van der Waals surface area contributed by atoms with Crippen molar-refractivity contribution >= 4 is 5.78 Å². The minimum absolute atomic E-state index is 0.122. The summed E-state index contributed by atoms with van der Waals surface area (Å²) in [4.78, 5) is 12.1. The minimum atomic E-state index is -0.202. The van der Waals surface area contributed by atoms with Crippen LogP contribution in [0.25, 0.3) is 0 Å². The van der Waals surface area contributed by atoms with Gasteiger partial charge in [-0.25, -0.2) is 4.39 Å². The first kappa shape index (κ1) is 11.3. The van der Waals surface area contributed by atoms with Gasteiger partial charge in [0.15, 0.2) is 5.78 Å². The molecule has 0 bridgehead atoms. The lowest BCUT2D eigenvalue weighted by atomic mass is 9.98. The summed E-state index contributed by atoms with van der Waals surface area (Å²) < 4.78 is 13.4. The quantitative estimate of drug-likeness (QED) is 0.695. The lowest BCUT2D eigenvalue weighted by Crippen LogP contribution is -2.08. The predicted molar refractivity (Wildman–Crippen MR) is 62.1 cm³/mol. The highest BCUT2D eigenvalue weighted by atomic mass is 19.1. The molecule has 0 radical (unpaired) electrons. The number of halogens is 1. The van der Waals surface area contributed by atoms with E-state index in [1.165, 1.54) is 0 Å². The zero-order valence-electron chi connectivity index (χ0n) is 10.2. The Kier molecular flexibility index (Phi) is 2.41. The molecule has 1 nitrogen and oxygen atoms in total. The third kappa shape index (κ3) is 1.77. The van der Waals surface area contributed by atoms with Crippen LogP contribution in [0.15, 0.2) is 12.1 Å². The van der Waals surface area contributed by atoms with Crippen molar-refractivity contribution in [3.8, 4) is 0 Å². The average Bonchev–Trinajstić information content (AvgIpc) is 2.82. The van der Waals surface area contributed by atoms with Gasteiger partial charge in [0.1, 0.15) is 5.82 Å². The van der Waals surface area contributed by atoms with Crippen LogP contribution in [0.4, 0.5) is 4.39 Å². The normalized spacial score (nSPS) is 21.9. The summed E-state index contributed by atoms with van der Waals surface area (Å²) in [7, 11) is 0. The second-order valence-electron chi connectivity index (χ2n) is 5.53. The van der Waals surface area contributed by atoms with E-state index < -0.39 is 0 Å². The number of benzene rings is 1. The first-order valence-corrected chi connectivity index (χ1v) is 5.64. The monoisotopic (exact) mass is 220 g/mol. The number of carbonyl (C=O) groups is 1. The second-order valence-corrected chi connectivity index (χ2v) is 5.53. The highest BCUT2D eigenvalue weighted by Crippen LogP contribution is 2.53. The van der Waals surface area contributed by atoms with Crippen LogP contribution < -0.4 is 0 Å². The molecule has 0 heterocycles. The van der Waals surface area contributed by atoms with Crippen molar-refractivity contribution in [1.82, 2.24) is 0 Å². The highest BCUT2D eigenvalue weighted by Gasteiger charge is 2.50. The summed E-state index contributed by atoms with van der Waals surface area (Å²) in [5, 5.41) is 0. The second kappa shape index (κ2) is 3.41. The number of carbonyl (C=O) groups excluding carboxylic acids is 1. The molecule has 1 atom stereocenters. The van der Waals surface area contributed by atoms with Gasteiger partial charge in [0.25, 0.3) is 0 Å². The molecule has 2 rings (SSSR count). The largest absolute Gasteiger partial charge is 0.294 e. The third-order valence-electron chi connectivity index (χ3n) is 3.55. The van der Waals surface area contributed by atoms with Crippen LogP contribution in [-0.2, 0) is 0 Å². The standard InChI is InChI=1S/C14H17FO/c1-8-5-10(6-9(2)12(8)15)13(16)11-7-14(11,3)4/h5-6,11H,7H2,1-4H3. The third-order valence-corrected chi connectivity index (χ3v) is 3.55. The van der Waals surface area contributed by atoms with Crippen LogP contribution in [0.1, 0.15) is 41.8 Å². The summed E-state index contributed by atoms with van der Waals surface area (Å²) in [6.07, 6.45) is 0.946. The Morgan fingerprint density at radius 3 is 2.12 bits per heavy atom. The van der Waals surface area contributed by atoms with Crippen LogP contribution in [-0.4, -0.2) is 5.78 Å². The molecule has 0 spiro atoms. The molecule has 1 aromatic carbocycles. The Bertz CT molecular complexity index is 437. The molecule has 0 aromatic heterocycles. The van der Waals surface area contributed by atoms with Crippen LogP contribution in [0.2, 0.25) is 0 Å². The van der Waals surface area contributed by atoms with Gasteiger partial charge in [0.2, 0.25) is 0 Å². The van der Waals surface area contributed by atoms with E-state index in [2.05, 4.69) is 13.8 Å². The Morgan fingerprint density at radius 2 is 1.75 bits per heavy atom. The Labute approximate surface area is 95.7 Å². The maximum absolute atomic E-state index is 13.4. The molecule has 1 unspecified atom stereocenters. The van der Waals surface area contributed by atoms with Gasteiger partial charge in [-0.05, 0) is 48.9 Å². The fourth-order valence-electron chi connectivity index (χ4n) is 2.20. The fourth-order valence-corrected chi connectivity index (χ4v) is 2.20. The maximum Gasteiger partial charge on any atom is 0.166 e. The predicted octanol–water partition coefficient (Wildman–Crippen LogP) is 3.67. The zero-order valence-corrected chi connectivity index (χ0v) is 10.2. The molecule has 1 aliphatic carbocycles. The van der Waals surface area contributed by atoms with Crippen molar-refractivity contribution in [3.05, 3.63) is 34.6 Å². The number of ketones is 1. The maximum atomic E-state index is 13.4. The Balaban J connectivity index is 2.32. The van der Waals surface area contributed by atoms with Crippen LogP contribution in [0, 0.1) is 31.0 Å². The van der Waals surface area contributed by atoms with Crippen LogP contribution >= 0.6 is 0 Å². The molecular formula is C14H17FO. The van der Waals surface area contributed by atoms with Crippen molar-refractivity contribution in [2.45, 2.75) is 34.1 Å². The molecule has 16 heavy (non-hydrogen) atoms. The summed E-state index contributed by atoms with van der Waals surface area (Å²) in [5.74, 6) is 0.0829.